The molecule has 1 aromatic heterocycles. The molecule has 0 radical (unpaired) electrons. The molecule has 0 saturated heterocycles. The zero-order valence-electron chi connectivity index (χ0n) is 9.95. The fraction of sp³-hybridized carbons (Fsp3) is 0.182. The van der Waals surface area contributed by atoms with Crippen LogP contribution in [-0.2, 0) is 4.79 Å². The molecular weight excluding hydrogens is 236 g/mol. The standard InChI is InChI=1S/C11H12N4O3/c1-8(16)17-10-5-3-9(4-6-10)14(2)15-7-11(12)18-13-15/h3-7,12H,1-2H3. The van der Waals surface area contributed by atoms with Crippen LogP contribution in [0.3, 0.4) is 0 Å². The molecule has 0 bridgehead atoms. The maximum atomic E-state index is 10.8. The predicted molar refractivity (Wildman–Crippen MR) is 59.6 cm³/mol. The summed E-state index contributed by atoms with van der Waals surface area (Å²) in [5.41, 5.74) is 0.780. The van der Waals surface area contributed by atoms with E-state index in [0.29, 0.717) is 5.75 Å². The molecule has 0 fully saturated rings. The average molecular weight is 248 g/mol. The van der Waals surface area contributed by atoms with Gasteiger partial charge in [-0.25, -0.2) is 5.01 Å². The summed E-state index contributed by atoms with van der Waals surface area (Å²) < 4.78 is 9.58. The zero-order chi connectivity index (χ0) is 13.1. The summed E-state index contributed by atoms with van der Waals surface area (Å²) in [4.78, 5) is 12.2. The maximum Gasteiger partial charge on any atom is 0.308 e. The smallest absolute Gasteiger partial charge is 0.308 e. The molecule has 18 heavy (non-hydrogen) atoms. The Morgan fingerprint density at radius 3 is 2.61 bits per heavy atom. The molecule has 1 aromatic carbocycles. The van der Waals surface area contributed by atoms with Crippen molar-refractivity contribution in [3.05, 3.63) is 36.0 Å². The minimum Gasteiger partial charge on any atom is -0.427 e. The number of nitrogens with zero attached hydrogens (tertiary/aromatic N) is 3. The van der Waals surface area contributed by atoms with E-state index in [0.717, 1.165) is 5.69 Å². The Balaban J connectivity index is 2.19. The summed E-state index contributed by atoms with van der Waals surface area (Å²) in [5.74, 6) is 0.117. The van der Waals surface area contributed by atoms with Gasteiger partial charge in [-0.15, -0.1) is 0 Å². The third kappa shape index (κ3) is 2.57. The highest BCUT2D eigenvalue weighted by Gasteiger charge is 2.06. The molecule has 0 aliphatic carbocycles. The second-order valence-corrected chi connectivity index (χ2v) is 3.60. The molecule has 94 valence electrons. The Morgan fingerprint density at radius 2 is 2.11 bits per heavy atom. The lowest BCUT2D eigenvalue weighted by molar-refractivity contribution is -0.753. The van der Waals surface area contributed by atoms with Crippen LogP contribution >= 0.6 is 0 Å². The molecule has 0 saturated carbocycles. The topological polar surface area (TPSA) is 84.5 Å². The van der Waals surface area contributed by atoms with E-state index in [-0.39, 0.29) is 11.5 Å². The Labute approximate surface area is 103 Å². The van der Waals surface area contributed by atoms with Gasteiger partial charge in [0, 0.05) is 12.6 Å². The molecule has 7 nitrogen and oxygen atoms in total. The first kappa shape index (κ1) is 11.9. The summed E-state index contributed by atoms with van der Waals surface area (Å²) in [6, 6.07) is 6.89. The van der Waals surface area contributed by atoms with Crippen LogP contribution in [0.25, 0.3) is 0 Å². The number of anilines is 1. The molecule has 1 N–H and O–H groups in total. The van der Waals surface area contributed by atoms with Gasteiger partial charge in [0.1, 0.15) is 5.75 Å². The van der Waals surface area contributed by atoms with Gasteiger partial charge in [0.15, 0.2) is 0 Å². The van der Waals surface area contributed by atoms with Crippen molar-refractivity contribution in [3.8, 4) is 5.75 Å². The number of hydrogen-bond acceptors (Lipinski definition) is 5. The largest absolute Gasteiger partial charge is 0.427 e. The number of nitrogens with one attached hydrogen (secondary N) is 1. The summed E-state index contributed by atoms with van der Waals surface area (Å²) >= 11 is 0. The third-order valence-electron chi connectivity index (χ3n) is 2.23. The molecular formula is C11H12N4O3. The summed E-state index contributed by atoms with van der Waals surface area (Å²) in [5, 5.41) is 12.6. The van der Waals surface area contributed by atoms with Gasteiger partial charge in [0.05, 0.1) is 0 Å². The molecule has 2 rings (SSSR count). The number of ether oxygens (including phenoxy) is 1. The first-order valence-corrected chi connectivity index (χ1v) is 5.19. The van der Waals surface area contributed by atoms with Crippen molar-refractivity contribution in [2.45, 2.75) is 6.92 Å². The van der Waals surface area contributed by atoms with Gasteiger partial charge in [-0.05, 0) is 24.5 Å². The van der Waals surface area contributed by atoms with E-state index in [2.05, 4.69) is 9.79 Å². The number of hydrogen-bond donors (Lipinski definition) is 1. The van der Waals surface area contributed by atoms with Crippen molar-refractivity contribution in [2.24, 2.45) is 0 Å². The van der Waals surface area contributed by atoms with Crippen LogP contribution in [0.1, 0.15) is 6.92 Å². The highest BCUT2D eigenvalue weighted by molar-refractivity contribution is 5.69. The summed E-state index contributed by atoms with van der Waals surface area (Å²) in [6.45, 7) is 1.35. The van der Waals surface area contributed by atoms with Crippen LogP contribution in [-0.4, -0.2) is 13.0 Å². The van der Waals surface area contributed by atoms with Gasteiger partial charge >= 0.3 is 5.97 Å². The second-order valence-electron chi connectivity index (χ2n) is 3.60. The fourth-order valence-corrected chi connectivity index (χ4v) is 1.39. The van der Waals surface area contributed by atoms with Crippen molar-refractivity contribution in [3.63, 3.8) is 0 Å². The molecule has 0 atom stereocenters. The Bertz CT molecular complexity index is 599. The highest BCUT2D eigenvalue weighted by atomic mass is 16.5. The van der Waals surface area contributed by atoms with Gasteiger partial charge in [-0.1, -0.05) is 16.9 Å². The lowest BCUT2D eigenvalue weighted by atomic mass is 10.3. The number of benzene rings is 1. The zero-order valence-corrected chi connectivity index (χ0v) is 9.95. The van der Waals surface area contributed by atoms with Gasteiger partial charge in [0.2, 0.25) is 0 Å². The van der Waals surface area contributed by atoms with E-state index in [4.69, 9.17) is 10.1 Å². The van der Waals surface area contributed by atoms with Crippen LogP contribution in [0.4, 0.5) is 5.69 Å². The third-order valence-corrected chi connectivity index (χ3v) is 2.23. The van der Waals surface area contributed by atoms with Crippen LogP contribution in [0.5, 0.6) is 5.75 Å². The first-order chi connectivity index (χ1) is 8.56. The van der Waals surface area contributed by atoms with Crippen LogP contribution in [0, 0.1) is 5.41 Å². The molecule has 1 heterocycles. The second kappa shape index (κ2) is 4.74. The highest BCUT2D eigenvalue weighted by Crippen LogP contribution is 2.17. The van der Waals surface area contributed by atoms with Crippen LogP contribution in [0.15, 0.2) is 35.0 Å². The van der Waals surface area contributed by atoms with E-state index in [1.807, 2.05) is 0 Å². The number of esters is 1. The minimum atomic E-state index is -0.360. The first-order valence-electron chi connectivity index (χ1n) is 5.19. The fourth-order valence-electron chi connectivity index (χ4n) is 1.39. The Morgan fingerprint density at radius 1 is 1.44 bits per heavy atom. The molecule has 0 amide bonds. The number of carbonyl (C=O) groups excluding carboxylic acids is 1. The quantitative estimate of drug-likeness (QED) is 0.463. The van der Waals surface area contributed by atoms with Crippen molar-refractivity contribution in [2.75, 3.05) is 12.1 Å². The molecule has 0 spiro atoms. The van der Waals surface area contributed by atoms with Crippen LogP contribution in [0.2, 0.25) is 0 Å². The average Bonchev–Trinajstić information content (AvgIpc) is 2.75. The van der Waals surface area contributed by atoms with Crippen molar-refractivity contribution < 1.29 is 18.8 Å². The van der Waals surface area contributed by atoms with Gasteiger partial charge in [-0.3, -0.25) is 10.2 Å². The number of rotatable bonds is 3. The van der Waals surface area contributed by atoms with Crippen LogP contribution < -0.4 is 25.4 Å². The molecule has 7 heteroatoms. The lowest BCUT2D eigenvalue weighted by Crippen LogP contribution is -2.54. The van der Waals surface area contributed by atoms with Gasteiger partial charge in [0.25, 0.3) is 11.8 Å². The minimum absolute atomic E-state index is 0.0293. The molecule has 0 unspecified atom stereocenters. The number of carbonyl (C=O) groups is 1. The van der Waals surface area contributed by atoms with Gasteiger partial charge < -0.3 is 9.26 Å². The van der Waals surface area contributed by atoms with E-state index in [1.165, 1.54) is 17.9 Å². The van der Waals surface area contributed by atoms with Crippen molar-refractivity contribution >= 4 is 11.7 Å². The van der Waals surface area contributed by atoms with Crippen molar-refractivity contribution in [1.82, 2.24) is 5.27 Å². The summed E-state index contributed by atoms with van der Waals surface area (Å²) in [6.07, 6.45) is 1.43. The Kier molecular flexibility index (Phi) is 3.13. The lowest BCUT2D eigenvalue weighted by Gasteiger charge is -2.17. The molecule has 0 aliphatic heterocycles. The predicted octanol–water partition coefficient (Wildman–Crippen LogP) is -0.171. The van der Waals surface area contributed by atoms with Crippen molar-refractivity contribution in [1.29, 1.82) is 5.41 Å². The normalized spacial score (nSPS) is 10.1. The number of aromatic nitrogens is 2. The maximum absolute atomic E-state index is 10.8. The summed E-state index contributed by atoms with van der Waals surface area (Å²) in [7, 11) is 1.77. The van der Waals surface area contributed by atoms with E-state index in [9.17, 15) is 4.79 Å². The Hall–Kier alpha value is -2.57. The monoisotopic (exact) mass is 248 g/mol. The van der Waals surface area contributed by atoms with E-state index >= 15 is 0 Å². The van der Waals surface area contributed by atoms with E-state index < -0.39 is 0 Å². The SMILES string of the molecule is CC(=O)Oc1ccc(N(C)[n+]2cc(=N)o[n-]2)cc1. The molecule has 2 aromatic rings. The van der Waals surface area contributed by atoms with Gasteiger partial charge in [-0.2, -0.15) is 0 Å². The molecule has 0 aliphatic rings. The van der Waals surface area contributed by atoms with E-state index in [1.54, 1.807) is 36.3 Å².